The molecule has 58 heavy (non-hydrogen) atoms. The second kappa shape index (κ2) is 10.1. The number of benzene rings is 7. The van der Waals surface area contributed by atoms with Gasteiger partial charge < -0.3 is 19.3 Å². The van der Waals surface area contributed by atoms with Gasteiger partial charge in [0.25, 0.3) is 0 Å². The lowest BCUT2D eigenvalue weighted by molar-refractivity contribution is 0.464. The topological polar surface area (TPSA) is 24.9 Å². The van der Waals surface area contributed by atoms with E-state index in [9.17, 15) is 0 Å². The SMILES string of the molecule is CC1(C)c2cccc3c2N2c4c(cccc4C(C)(C)c4cc(-c5ccc(-c6cc7c8c(c6)C(C)(C)c6cccc9c6N8c6c(cccc6C7(C)C)O9)cc5)cc1c42)O3. The molecule has 0 aliphatic carbocycles. The van der Waals surface area contributed by atoms with Crippen LogP contribution >= 0.6 is 0 Å². The Hall–Kier alpha value is -6.26. The predicted octanol–water partition coefficient (Wildman–Crippen LogP) is 14.7. The molecule has 0 atom stereocenters. The maximum Gasteiger partial charge on any atom is 0.151 e. The van der Waals surface area contributed by atoms with E-state index < -0.39 is 0 Å². The largest absolute Gasteiger partial charge is 0.453 e. The van der Waals surface area contributed by atoms with Crippen molar-refractivity contribution < 1.29 is 9.47 Å². The molecule has 0 unspecified atom stereocenters. The van der Waals surface area contributed by atoms with Gasteiger partial charge in [-0.3, -0.25) is 0 Å². The molecule has 0 spiro atoms. The fraction of sp³-hybridized carbons (Fsp3) is 0.222. The third-order valence-corrected chi connectivity index (χ3v) is 14.9. The van der Waals surface area contributed by atoms with Gasteiger partial charge in [-0.25, -0.2) is 0 Å². The minimum atomic E-state index is -0.228. The fourth-order valence-corrected chi connectivity index (χ4v) is 11.7. The van der Waals surface area contributed by atoms with Gasteiger partial charge in [0.05, 0.1) is 34.1 Å². The number of nitrogens with zero attached hydrogens (tertiary/aromatic N) is 2. The maximum atomic E-state index is 6.64. The summed E-state index contributed by atoms with van der Waals surface area (Å²) in [5.74, 6) is 3.73. The molecule has 0 bridgehead atoms. The Labute approximate surface area is 340 Å². The summed E-state index contributed by atoms with van der Waals surface area (Å²) >= 11 is 0. The second-order valence-electron chi connectivity index (χ2n) is 19.4. The highest BCUT2D eigenvalue weighted by Crippen LogP contribution is 2.68. The maximum absolute atomic E-state index is 6.64. The molecule has 6 aliphatic rings. The smallest absolute Gasteiger partial charge is 0.151 e. The van der Waals surface area contributed by atoms with Crippen molar-refractivity contribution in [1.29, 1.82) is 0 Å². The van der Waals surface area contributed by atoms with Crippen LogP contribution in [0.1, 0.15) is 99.9 Å². The van der Waals surface area contributed by atoms with E-state index in [4.69, 9.17) is 9.47 Å². The first-order chi connectivity index (χ1) is 27.8. The predicted molar refractivity (Wildman–Crippen MR) is 235 cm³/mol. The standard InChI is InChI=1S/C54H44N2O2/c1-51(2)33-13-9-17-41-47(33)55-45-37(51)25-31(26-38(45)52(3,4)34-14-10-18-42(57-41)48(34)55)29-21-23-30(24-22-29)32-27-39-46-40(28-32)54(7,8)36-16-12-20-44-50(36)56(46)49-35(53(39,5)6)15-11-19-43(49)58-44/h9-28H,1-8H3. The van der Waals surface area contributed by atoms with Gasteiger partial charge in [-0.15, -0.1) is 0 Å². The van der Waals surface area contributed by atoms with Crippen molar-refractivity contribution in [1.82, 2.24) is 0 Å². The highest BCUT2D eigenvalue weighted by Gasteiger charge is 2.51. The fourth-order valence-electron chi connectivity index (χ4n) is 11.7. The summed E-state index contributed by atoms with van der Waals surface area (Å²) in [5.41, 5.74) is 22.1. The molecule has 7 aromatic rings. The number of para-hydroxylation sites is 4. The van der Waals surface area contributed by atoms with Gasteiger partial charge in [-0.05, 0) is 115 Å². The highest BCUT2D eigenvalue weighted by molar-refractivity contribution is 6.01. The number of hydrogen-bond donors (Lipinski definition) is 0. The first kappa shape index (κ1) is 32.8. The highest BCUT2D eigenvalue weighted by atomic mass is 16.5. The quantitative estimate of drug-likeness (QED) is 0.176. The minimum absolute atomic E-state index is 0.228. The molecule has 7 aromatic carbocycles. The summed E-state index contributed by atoms with van der Waals surface area (Å²) in [6.07, 6.45) is 0. The van der Waals surface area contributed by atoms with E-state index in [1.165, 1.54) is 101 Å². The van der Waals surface area contributed by atoms with Crippen LogP contribution in [0.15, 0.2) is 121 Å². The molecule has 0 aromatic heterocycles. The molecule has 0 N–H and O–H groups in total. The summed E-state index contributed by atoms with van der Waals surface area (Å²) in [6, 6.07) is 45.5. The molecule has 282 valence electrons. The van der Waals surface area contributed by atoms with Crippen LogP contribution in [0, 0.1) is 0 Å². The number of rotatable bonds is 2. The summed E-state index contributed by atoms with van der Waals surface area (Å²) < 4.78 is 13.3. The third-order valence-electron chi connectivity index (χ3n) is 14.9. The summed E-state index contributed by atoms with van der Waals surface area (Å²) in [6.45, 7) is 19.0. The van der Waals surface area contributed by atoms with Gasteiger partial charge in [-0.2, -0.15) is 0 Å². The van der Waals surface area contributed by atoms with Gasteiger partial charge in [0.1, 0.15) is 0 Å². The molecule has 6 heterocycles. The molecule has 0 amide bonds. The summed E-state index contributed by atoms with van der Waals surface area (Å²) in [5, 5.41) is 0. The third kappa shape index (κ3) is 3.66. The Bertz CT molecular complexity index is 2690. The second-order valence-corrected chi connectivity index (χ2v) is 19.4. The van der Waals surface area contributed by atoms with Gasteiger partial charge >= 0.3 is 0 Å². The average Bonchev–Trinajstić information content (AvgIpc) is 3.21. The van der Waals surface area contributed by atoms with E-state index in [1.54, 1.807) is 0 Å². The molecule has 13 rings (SSSR count). The van der Waals surface area contributed by atoms with Crippen LogP contribution in [-0.4, -0.2) is 0 Å². The van der Waals surface area contributed by atoms with Gasteiger partial charge in [0.2, 0.25) is 0 Å². The van der Waals surface area contributed by atoms with E-state index in [0.29, 0.717) is 0 Å². The van der Waals surface area contributed by atoms with E-state index >= 15 is 0 Å². The molecule has 6 aliphatic heterocycles. The van der Waals surface area contributed by atoms with Crippen molar-refractivity contribution in [3.8, 4) is 45.3 Å². The van der Waals surface area contributed by atoms with E-state index in [0.717, 1.165) is 23.0 Å². The van der Waals surface area contributed by atoms with Gasteiger partial charge in [-0.1, -0.05) is 128 Å². The van der Waals surface area contributed by atoms with Crippen molar-refractivity contribution in [2.45, 2.75) is 77.0 Å². The number of ether oxygens (including phenoxy) is 2. The number of anilines is 6. The zero-order valence-corrected chi connectivity index (χ0v) is 34.3. The van der Waals surface area contributed by atoms with E-state index in [1.807, 2.05) is 0 Å². The summed E-state index contributed by atoms with van der Waals surface area (Å²) in [4.78, 5) is 5.04. The Kier molecular flexibility index (Phi) is 5.68. The zero-order valence-electron chi connectivity index (χ0n) is 34.3. The monoisotopic (exact) mass is 752 g/mol. The van der Waals surface area contributed by atoms with Crippen LogP contribution in [0.2, 0.25) is 0 Å². The lowest BCUT2D eigenvalue weighted by Gasteiger charge is -2.51. The molecular formula is C54H44N2O2. The Morgan fingerprint density at radius 1 is 0.293 bits per heavy atom. The van der Waals surface area contributed by atoms with Crippen molar-refractivity contribution in [3.05, 3.63) is 166 Å². The molecule has 4 nitrogen and oxygen atoms in total. The Balaban J connectivity index is 0.980. The minimum Gasteiger partial charge on any atom is -0.453 e. The molecule has 0 radical (unpaired) electrons. The van der Waals surface area contributed by atoms with Crippen molar-refractivity contribution in [2.24, 2.45) is 0 Å². The van der Waals surface area contributed by atoms with Crippen LogP contribution in [0.3, 0.4) is 0 Å². The van der Waals surface area contributed by atoms with Gasteiger partial charge in [0, 0.05) is 21.7 Å². The average molecular weight is 753 g/mol. The van der Waals surface area contributed by atoms with Crippen molar-refractivity contribution in [3.63, 3.8) is 0 Å². The van der Waals surface area contributed by atoms with Gasteiger partial charge in [0.15, 0.2) is 23.0 Å². The summed E-state index contributed by atoms with van der Waals surface area (Å²) in [7, 11) is 0. The normalized spacial score (nSPS) is 18.4. The lowest BCUT2D eigenvalue weighted by Crippen LogP contribution is -2.39. The van der Waals surface area contributed by atoms with E-state index in [2.05, 4.69) is 187 Å². The van der Waals surface area contributed by atoms with Crippen molar-refractivity contribution >= 4 is 34.1 Å². The molecular weight excluding hydrogens is 709 g/mol. The van der Waals surface area contributed by atoms with Crippen LogP contribution < -0.4 is 19.3 Å². The molecule has 4 heteroatoms. The molecule has 0 fully saturated rings. The number of hydrogen-bond acceptors (Lipinski definition) is 4. The van der Waals surface area contributed by atoms with Crippen LogP contribution in [0.25, 0.3) is 22.3 Å². The Morgan fingerprint density at radius 2 is 0.552 bits per heavy atom. The van der Waals surface area contributed by atoms with Crippen LogP contribution in [-0.2, 0) is 21.7 Å². The molecule has 0 saturated heterocycles. The van der Waals surface area contributed by atoms with Crippen molar-refractivity contribution in [2.75, 3.05) is 9.80 Å². The first-order valence-corrected chi connectivity index (χ1v) is 20.8. The van der Waals surface area contributed by atoms with E-state index in [-0.39, 0.29) is 21.7 Å². The van der Waals surface area contributed by atoms with Crippen LogP contribution in [0.5, 0.6) is 23.0 Å². The first-order valence-electron chi connectivity index (χ1n) is 20.8. The Morgan fingerprint density at radius 3 is 0.810 bits per heavy atom. The zero-order chi connectivity index (χ0) is 39.4. The lowest BCUT2D eigenvalue weighted by atomic mass is 9.65. The van der Waals surface area contributed by atoms with Crippen LogP contribution in [0.4, 0.5) is 34.1 Å². The molecule has 0 saturated carbocycles.